The molecule has 0 fully saturated rings. The van der Waals surface area contributed by atoms with Gasteiger partial charge in [0, 0.05) is 17.3 Å². The summed E-state index contributed by atoms with van der Waals surface area (Å²) in [7, 11) is 0. The number of hydrogen-bond donors (Lipinski definition) is 0. The topological polar surface area (TPSA) is 17.8 Å². The number of nitrogens with zero attached hydrogens (tertiary/aromatic N) is 2. The molecule has 0 spiro atoms. The predicted octanol–water partition coefficient (Wildman–Crippen LogP) is 6.22. The Hall–Kier alpha value is -3.03. The number of benzene rings is 2. The molecule has 0 aliphatic carbocycles. The van der Waals surface area contributed by atoms with E-state index in [1.807, 2.05) is 0 Å². The van der Waals surface area contributed by atoms with Crippen LogP contribution >= 0.6 is 0 Å². The Kier molecular flexibility index (Phi) is 3.69. The van der Waals surface area contributed by atoms with Crippen molar-refractivity contribution in [2.24, 2.45) is 0 Å². The number of hydrogen-bond acceptors (Lipinski definition) is 1. The van der Waals surface area contributed by atoms with Crippen molar-refractivity contribution in [2.75, 3.05) is 0 Å². The second-order valence-corrected chi connectivity index (χ2v) is 5.96. The van der Waals surface area contributed by atoms with Crippen LogP contribution in [0.1, 0.15) is 11.1 Å². The zero-order valence-corrected chi connectivity index (χ0v) is 13.4. The lowest BCUT2D eigenvalue weighted by molar-refractivity contribution is -0.142. The van der Waals surface area contributed by atoms with Gasteiger partial charge in [-0.05, 0) is 36.4 Å². The van der Waals surface area contributed by atoms with Crippen molar-refractivity contribution in [3.05, 3.63) is 71.9 Å². The molecule has 0 saturated carbocycles. The van der Waals surface area contributed by atoms with Crippen LogP contribution in [0.4, 0.5) is 26.3 Å². The minimum absolute atomic E-state index is 0.0768. The van der Waals surface area contributed by atoms with Gasteiger partial charge < -0.3 is 4.57 Å². The lowest BCUT2D eigenvalue weighted by atomic mass is 10.0. The molecule has 0 amide bonds. The number of alkyl halides is 6. The lowest BCUT2D eigenvalue weighted by Crippen LogP contribution is -2.12. The third-order valence-electron chi connectivity index (χ3n) is 4.26. The van der Waals surface area contributed by atoms with Crippen molar-refractivity contribution < 1.29 is 26.3 Å². The molecule has 8 heteroatoms. The van der Waals surface area contributed by atoms with E-state index in [9.17, 15) is 26.3 Å². The molecule has 2 heterocycles. The average Bonchev–Trinajstić information content (AvgIpc) is 2.94. The fourth-order valence-corrected chi connectivity index (χ4v) is 3.19. The van der Waals surface area contributed by atoms with Gasteiger partial charge in [-0.15, -0.1) is 0 Å². The van der Waals surface area contributed by atoms with E-state index in [-0.39, 0.29) is 22.5 Å². The summed E-state index contributed by atoms with van der Waals surface area (Å²) >= 11 is 0. The zero-order valence-electron chi connectivity index (χ0n) is 13.4. The van der Waals surface area contributed by atoms with Gasteiger partial charge in [0.2, 0.25) is 0 Å². The van der Waals surface area contributed by atoms with Crippen molar-refractivity contribution in [3.8, 4) is 5.69 Å². The summed E-state index contributed by atoms with van der Waals surface area (Å²) in [5.41, 5.74) is -2.29. The first-order valence-corrected chi connectivity index (χ1v) is 7.81. The van der Waals surface area contributed by atoms with E-state index >= 15 is 0 Å². The van der Waals surface area contributed by atoms with Crippen LogP contribution in [-0.2, 0) is 12.4 Å². The van der Waals surface area contributed by atoms with E-state index in [1.165, 1.54) is 22.9 Å². The highest BCUT2D eigenvalue weighted by atomic mass is 19.4. The zero-order chi connectivity index (χ0) is 19.4. The monoisotopic (exact) mass is 380 g/mol. The van der Waals surface area contributed by atoms with Crippen molar-refractivity contribution >= 4 is 21.9 Å². The van der Waals surface area contributed by atoms with Crippen LogP contribution in [-0.4, -0.2) is 9.55 Å². The second-order valence-electron chi connectivity index (χ2n) is 5.96. The molecule has 138 valence electrons. The molecule has 0 aliphatic heterocycles. The number of rotatable bonds is 1. The minimum Gasteiger partial charge on any atom is -0.307 e. The number of fused-ring (bicyclic) bond motifs is 3. The summed E-state index contributed by atoms with van der Waals surface area (Å²) in [6.45, 7) is 0. The Labute approximate surface area is 148 Å². The van der Waals surface area contributed by atoms with Crippen LogP contribution in [0.5, 0.6) is 0 Å². The normalized spacial score (nSPS) is 12.8. The highest BCUT2D eigenvalue weighted by Crippen LogP contribution is 2.43. The molecule has 2 aromatic carbocycles. The van der Waals surface area contributed by atoms with Crippen molar-refractivity contribution in [2.45, 2.75) is 12.4 Å². The van der Waals surface area contributed by atoms with E-state index < -0.39 is 23.5 Å². The first-order valence-electron chi connectivity index (χ1n) is 7.81. The molecular formula is C19H10F6N2. The van der Waals surface area contributed by atoms with Crippen LogP contribution in [0.25, 0.3) is 27.6 Å². The fraction of sp³-hybridized carbons (Fsp3) is 0.105. The molecule has 27 heavy (non-hydrogen) atoms. The molecule has 0 saturated heterocycles. The Morgan fingerprint density at radius 2 is 1.48 bits per heavy atom. The summed E-state index contributed by atoms with van der Waals surface area (Å²) in [6, 6.07) is 12.1. The summed E-state index contributed by atoms with van der Waals surface area (Å²) < 4.78 is 82.1. The summed E-state index contributed by atoms with van der Waals surface area (Å²) in [4.78, 5) is 4.05. The van der Waals surface area contributed by atoms with Crippen LogP contribution in [0.2, 0.25) is 0 Å². The average molecular weight is 380 g/mol. The Morgan fingerprint density at radius 1 is 0.778 bits per heavy atom. The van der Waals surface area contributed by atoms with Gasteiger partial charge >= 0.3 is 12.4 Å². The first-order chi connectivity index (χ1) is 12.7. The molecule has 4 aromatic rings. The summed E-state index contributed by atoms with van der Waals surface area (Å²) in [6.07, 6.45) is -8.55. The SMILES string of the molecule is FC(F)(F)c1cc(C(F)(F)F)c2c(c1)c1ncccc1n2-c1ccccc1. The molecule has 0 radical (unpaired) electrons. The van der Waals surface area contributed by atoms with Gasteiger partial charge in [0.25, 0.3) is 0 Å². The van der Waals surface area contributed by atoms with Gasteiger partial charge in [0.15, 0.2) is 0 Å². The quantitative estimate of drug-likeness (QED) is 0.359. The minimum atomic E-state index is -4.97. The van der Waals surface area contributed by atoms with E-state index in [0.717, 1.165) is 6.07 Å². The third-order valence-corrected chi connectivity index (χ3v) is 4.26. The van der Waals surface area contributed by atoms with Gasteiger partial charge in [0.1, 0.15) is 0 Å². The second kappa shape index (κ2) is 5.73. The first kappa shape index (κ1) is 17.4. The van der Waals surface area contributed by atoms with E-state index in [4.69, 9.17) is 0 Å². The number of aromatic nitrogens is 2. The molecule has 0 N–H and O–H groups in total. The van der Waals surface area contributed by atoms with E-state index in [0.29, 0.717) is 11.2 Å². The Balaban J connectivity index is 2.26. The predicted molar refractivity (Wildman–Crippen MR) is 88.6 cm³/mol. The number of para-hydroxylation sites is 1. The highest BCUT2D eigenvalue weighted by molar-refractivity contribution is 6.08. The smallest absolute Gasteiger partial charge is 0.307 e. The highest BCUT2D eigenvalue weighted by Gasteiger charge is 2.40. The molecule has 0 unspecified atom stereocenters. The van der Waals surface area contributed by atoms with Gasteiger partial charge in [0.05, 0.1) is 27.7 Å². The molecular weight excluding hydrogens is 370 g/mol. The third kappa shape index (κ3) is 2.81. The number of halogens is 6. The Bertz CT molecular complexity index is 1140. The molecule has 2 aromatic heterocycles. The molecule has 0 atom stereocenters. The van der Waals surface area contributed by atoms with Gasteiger partial charge in [-0.25, -0.2) is 0 Å². The maximum Gasteiger partial charge on any atom is 0.418 e. The Morgan fingerprint density at radius 3 is 2.11 bits per heavy atom. The van der Waals surface area contributed by atoms with Crippen molar-refractivity contribution in [3.63, 3.8) is 0 Å². The van der Waals surface area contributed by atoms with Gasteiger partial charge in [-0.3, -0.25) is 4.98 Å². The largest absolute Gasteiger partial charge is 0.418 e. The van der Waals surface area contributed by atoms with Crippen LogP contribution in [0.15, 0.2) is 60.8 Å². The number of pyridine rings is 1. The fourth-order valence-electron chi connectivity index (χ4n) is 3.19. The van der Waals surface area contributed by atoms with E-state index in [1.54, 1.807) is 30.3 Å². The summed E-state index contributed by atoms with van der Waals surface area (Å²) in [5.74, 6) is 0. The van der Waals surface area contributed by atoms with Gasteiger partial charge in [-0.2, -0.15) is 26.3 Å². The van der Waals surface area contributed by atoms with E-state index in [2.05, 4.69) is 4.98 Å². The van der Waals surface area contributed by atoms with Gasteiger partial charge in [-0.1, -0.05) is 18.2 Å². The van der Waals surface area contributed by atoms with Crippen LogP contribution in [0, 0.1) is 0 Å². The molecule has 0 aliphatic rings. The van der Waals surface area contributed by atoms with Crippen molar-refractivity contribution in [1.29, 1.82) is 0 Å². The standard InChI is InChI=1S/C19H10F6N2/c20-18(21,22)11-9-13-16-15(7-4-8-26-16)27(12-5-2-1-3-6-12)17(13)14(10-11)19(23,24)25/h1-10H. The maximum absolute atomic E-state index is 13.7. The summed E-state index contributed by atoms with van der Waals surface area (Å²) in [5, 5.41) is -0.198. The van der Waals surface area contributed by atoms with Crippen LogP contribution in [0.3, 0.4) is 0 Å². The van der Waals surface area contributed by atoms with Crippen LogP contribution < -0.4 is 0 Å². The maximum atomic E-state index is 13.7. The molecule has 2 nitrogen and oxygen atoms in total. The molecule has 4 rings (SSSR count). The molecule has 0 bridgehead atoms. The van der Waals surface area contributed by atoms with Crippen molar-refractivity contribution in [1.82, 2.24) is 9.55 Å². The lowest BCUT2D eigenvalue weighted by Gasteiger charge is -2.15.